The Hall–Kier alpha value is -1.20. The van der Waals surface area contributed by atoms with Gasteiger partial charge in [0.15, 0.2) is 5.82 Å². The van der Waals surface area contributed by atoms with E-state index >= 15 is 0 Å². The van der Waals surface area contributed by atoms with Crippen molar-refractivity contribution in [1.82, 2.24) is 15.0 Å². The number of aryl methyl sites for hydroxylation is 1. The van der Waals surface area contributed by atoms with Crippen LogP contribution in [0.3, 0.4) is 0 Å². The minimum absolute atomic E-state index is 0.200. The second kappa shape index (κ2) is 4.82. The fourth-order valence-electron chi connectivity index (χ4n) is 2.34. The largest absolute Gasteiger partial charge is 0.338 e. The van der Waals surface area contributed by atoms with Gasteiger partial charge in [-0.15, -0.1) is 11.3 Å². The summed E-state index contributed by atoms with van der Waals surface area (Å²) < 4.78 is 5.34. The molecule has 0 saturated heterocycles. The molecule has 0 saturated carbocycles. The molecule has 1 aliphatic rings. The minimum atomic E-state index is 0.200. The van der Waals surface area contributed by atoms with E-state index in [1.807, 2.05) is 18.3 Å². The van der Waals surface area contributed by atoms with Crippen LogP contribution in [0.5, 0.6) is 0 Å². The maximum atomic E-state index is 5.34. The van der Waals surface area contributed by atoms with Gasteiger partial charge in [0.25, 0.3) is 0 Å². The summed E-state index contributed by atoms with van der Waals surface area (Å²) in [7, 11) is 0. The first-order chi connectivity index (χ1) is 8.78. The van der Waals surface area contributed by atoms with Crippen LogP contribution < -0.4 is 0 Å². The van der Waals surface area contributed by atoms with Crippen molar-refractivity contribution >= 4 is 11.3 Å². The Bertz CT molecular complexity index is 534. The molecule has 0 bridgehead atoms. The molecule has 4 nitrogen and oxygen atoms in total. The van der Waals surface area contributed by atoms with E-state index in [1.54, 1.807) is 0 Å². The Morgan fingerprint density at radius 1 is 1.56 bits per heavy atom. The van der Waals surface area contributed by atoms with Crippen molar-refractivity contribution in [2.45, 2.75) is 39.3 Å². The summed E-state index contributed by atoms with van der Waals surface area (Å²) in [6.45, 7) is 6.24. The van der Waals surface area contributed by atoms with Gasteiger partial charge < -0.3 is 4.52 Å². The second-order valence-corrected chi connectivity index (χ2v) is 5.67. The lowest BCUT2D eigenvalue weighted by Gasteiger charge is -2.30. The first kappa shape index (κ1) is 11.9. The third-order valence-electron chi connectivity index (χ3n) is 3.54. The molecular formula is C13H17N3OS. The molecule has 0 radical (unpaired) electrons. The molecule has 3 rings (SSSR count). The molecule has 3 heterocycles. The SMILES string of the molecule is CCc1noc([C@@H](C)N2CCc3sccc3C2)n1. The molecule has 0 fully saturated rings. The predicted molar refractivity (Wildman–Crippen MR) is 70.5 cm³/mol. The maximum Gasteiger partial charge on any atom is 0.243 e. The molecule has 2 aromatic heterocycles. The van der Waals surface area contributed by atoms with Gasteiger partial charge >= 0.3 is 0 Å². The third-order valence-corrected chi connectivity index (χ3v) is 4.57. The summed E-state index contributed by atoms with van der Waals surface area (Å²) in [4.78, 5) is 8.36. The average Bonchev–Trinajstić information content (AvgIpc) is 3.05. The lowest BCUT2D eigenvalue weighted by molar-refractivity contribution is 0.159. The highest BCUT2D eigenvalue weighted by Gasteiger charge is 2.25. The van der Waals surface area contributed by atoms with Crippen molar-refractivity contribution in [3.05, 3.63) is 33.6 Å². The van der Waals surface area contributed by atoms with Gasteiger partial charge in [-0.05, 0) is 30.4 Å². The Morgan fingerprint density at radius 2 is 2.44 bits per heavy atom. The molecule has 1 aliphatic heterocycles. The molecule has 0 spiro atoms. The van der Waals surface area contributed by atoms with E-state index in [2.05, 4.69) is 33.4 Å². The lowest BCUT2D eigenvalue weighted by Crippen LogP contribution is -2.32. The summed E-state index contributed by atoms with van der Waals surface area (Å²) in [6.07, 6.45) is 1.96. The summed E-state index contributed by atoms with van der Waals surface area (Å²) in [6, 6.07) is 2.43. The maximum absolute atomic E-state index is 5.34. The van der Waals surface area contributed by atoms with Gasteiger partial charge in [-0.3, -0.25) is 4.90 Å². The number of thiophene rings is 1. The van der Waals surface area contributed by atoms with Gasteiger partial charge in [-0.25, -0.2) is 0 Å². The highest BCUT2D eigenvalue weighted by Crippen LogP contribution is 2.29. The van der Waals surface area contributed by atoms with Crippen molar-refractivity contribution in [3.8, 4) is 0 Å². The zero-order chi connectivity index (χ0) is 12.5. The molecule has 5 heteroatoms. The van der Waals surface area contributed by atoms with Crippen molar-refractivity contribution in [2.24, 2.45) is 0 Å². The Kier molecular flexibility index (Phi) is 3.18. The molecule has 0 unspecified atom stereocenters. The zero-order valence-electron chi connectivity index (χ0n) is 10.7. The predicted octanol–water partition coefficient (Wildman–Crippen LogP) is 2.81. The molecular weight excluding hydrogens is 246 g/mol. The molecule has 0 amide bonds. The van der Waals surface area contributed by atoms with Gasteiger partial charge in [0, 0.05) is 24.4 Å². The van der Waals surface area contributed by atoms with Crippen LogP contribution in [0.4, 0.5) is 0 Å². The normalized spacial score (nSPS) is 17.7. The lowest BCUT2D eigenvalue weighted by atomic mass is 10.1. The van der Waals surface area contributed by atoms with Crippen molar-refractivity contribution in [3.63, 3.8) is 0 Å². The monoisotopic (exact) mass is 263 g/mol. The smallest absolute Gasteiger partial charge is 0.243 e. The number of nitrogens with zero attached hydrogens (tertiary/aromatic N) is 3. The van der Waals surface area contributed by atoms with Crippen LogP contribution in [0.2, 0.25) is 0 Å². The molecule has 0 aromatic carbocycles. The van der Waals surface area contributed by atoms with E-state index in [0.717, 1.165) is 37.6 Å². The van der Waals surface area contributed by atoms with Crippen LogP contribution in [0.1, 0.15) is 42.0 Å². The highest BCUT2D eigenvalue weighted by atomic mass is 32.1. The average molecular weight is 263 g/mol. The van der Waals surface area contributed by atoms with Crippen LogP contribution in [0, 0.1) is 0 Å². The third kappa shape index (κ3) is 2.08. The number of rotatable bonds is 3. The molecule has 96 valence electrons. The summed E-state index contributed by atoms with van der Waals surface area (Å²) in [5, 5.41) is 6.16. The minimum Gasteiger partial charge on any atom is -0.338 e. The highest BCUT2D eigenvalue weighted by molar-refractivity contribution is 7.10. The number of hydrogen-bond donors (Lipinski definition) is 0. The van der Waals surface area contributed by atoms with Gasteiger partial charge in [-0.2, -0.15) is 4.98 Å². The van der Waals surface area contributed by atoms with E-state index in [0.29, 0.717) is 0 Å². The Labute approximate surface area is 111 Å². The molecule has 1 atom stereocenters. The van der Waals surface area contributed by atoms with Gasteiger partial charge in [0.05, 0.1) is 6.04 Å². The van der Waals surface area contributed by atoms with Crippen LogP contribution in [0.25, 0.3) is 0 Å². The van der Waals surface area contributed by atoms with Crippen LogP contribution >= 0.6 is 11.3 Å². The fourth-order valence-corrected chi connectivity index (χ4v) is 3.23. The van der Waals surface area contributed by atoms with E-state index in [-0.39, 0.29) is 6.04 Å². The topological polar surface area (TPSA) is 42.2 Å². The summed E-state index contributed by atoms with van der Waals surface area (Å²) in [5.74, 6) is 1.54. The quantitative estimate of drug-likeness (QED) is 0.854. The fraction of sp³-hybridized carbons (Fsp3) is 0.538. The molecule has 2 aromatic rings. The number of fused-ring (bicyclic) bond motifs is 1. The van der Waals surface area contributed by atoms with Crippen LogP contribution in [-0.4, -0.2) is 21.6 Å². The zero-order valence-corrected chi connectivity index (χ0v) is 11.5. The number of hydrogen-bond acceptors (Lipinski definition) is 5. The Balaban J connectivity index is 1.76. The van der Waals surface area contributed by atoms with E-state index in [4.69, 9.17) is 4.52 Å². The standard InChI is InChI=1S/C13H17N3OS/c1-3-12-14-13(17-15-12)9(2)16-6-4-11-10(8-16)5-7-18-11/h5,7,9H,3-4,6,8H2,1-2H3/t9-/m1/s1. The second-order valence-electron chi connectivity index (χ2n) is 4.67. The van der Waals surface area contributed by atoms with Gasteiger partial charge in [-0.1, -0.05) is 12.1 Å². The van der Waals surface area contributed by atoms with Crippen molar-refractivity contribution in [2.75, 3.05) is 6.54 Å². The van der Waals surface area contributed by atoms with Crippen molar-refractivity contribution < 1.29 is 4.52 Å². The van der Waals surface area contributed by atoms with Gasteiger partial charge in [0.2, 0.25) is 5.89 Å². The summed E-state index contributed by atoms with van der Waals surface area (Å²) >= 11 is 1.86. The molecule has 18 heavy (non-hydrogen) atoms. The van der Waals surface area contributed by atoms with E-state index in [9.17, 15) is 0 Å². The van der Waals surface area contributed by atoms with E-state index < -0.39 is 0 Å². The Morgan fingerprint density at radius 3 is 3.22 bits per heavy atom. The first-order valence-electron chi connectivity index (χ1n) is 6.39. The molecule has 0 N–H and O–H groups in total. The van der Waals surface area contributed by atoms with Gasteiger partial charge in [0.1, 0.15) is 0 Å². The summed E-state index contributed by atoms with van der Waals surface area (Å²) in [5.41, 5.74) is 1.45. The van der Waals surface area contributed by atoms with Crippen LogP contribution in [0.15, 0.2) is 16.0 Å². The van der Waals surface area contributed by atoms with Crippen molar-refractivity contribution in [1.29, 1.82) is 0 Å². The molecule has 0 aliphatic carbocycles. The number of aromatic nitrogens is 2. The van der Waals surface area contributed by atoms with E-state index in [1.165, 1.54) is 10.4 Å². The van der Waals surface area contributed by atoms with Crippen LogP contribution in [-0.2, 0) is 19.4 Å². The first-order valence-corrected chi connectivity index (χ1v) is 7.27.